The summed E-state index contributed by atoms with van der Waals surface area (Å²) < 4.78 is 51.0. The van der Waals surface area contributed by atoms with Crippen LogP contribution in [0.25, 0.3) is 0 Å². The smallest absolute Gasteiger partial charge is 0.421 e. The summed E-state index contributed by atoms with van der Waals surface area (Å²) in [6.45, 7) is 2.48. The van der Waals surface area contributed by atoms with Gasteiger partial charge in [0.25, 0.3) is 0 Å². The van der Waals surface area contributed by atoms with Gasteiger partial charge in [0, 0.05) is 23.6 Å². The summed E-state index contributed by atoms with van der Waals surface area (Å²) >= 11 is 0. The van der Waals surface area contributed by atoms with Gasteiger partial charge in [-0.3, -0.25) is 0 Å². The van der Waals surface area contributed by atoms with Crippen molar-refractivity contribution in [1.82, 2.24) is 9.97 Å². The van der Waals surface area contributed by atoms with Gasteiger partial charge in [0.05, 0.1) is 13.7 Å². The number of benzene rings is 2. The molecule has 0 bridgehead atoms. The van der Waals surface area contributed by atoms with Crippen LogP contribution in [0, 0.1) is 0 Å². The average molecular weight is 418 g/mol. The molecule has 0 unspecified atom stereocenters. The number of halogens is 3. The van der Waals surface area contributed by atoms with Crippen LogP contribution in [0.5, 0.6) is 11.5 Å². The van der Waals surface area contributed by atoms with Crippen LogP contribution >= 0.6 is 0 Å². The summed E-state index contributed by atoms with van der Waals surface area (Å²) in [4.78, 5) is 7.84. The van der Waals surface area contributed by atoms with E-state index in [4.69, 9.17) is 9.47 Å². The molecule has 3 aromatic rings. The largest absolute Gasteiger partial charge is 0.497 e. The standard InChI is InChI=1S/C21H21F3N4O2/c1-3-11-30-17-6-4-5-15(12-17)26-19-18(21(22,23)24)13-25-20(28-19)27-14-7-9-16(29-2)10-8-14/h4-10,12-13H,3,11H2,1-2H3,(H2,25,26,27,28). The monoisotopic (exact) mass is 418 g/mol. The lowest BCUT2D eigenvalue weighted by Gasteiger charge is -2.15. The van der Waals surface area contributed by atoms with Crippen molar-refractivity contribution in [2.75, 3.05) is 24.4 Å². The first-order valence-corrected chi connectivity index (χ1v) is 9.24. The summed E-state index contributed by atoms with van der Waals surface area (Å²) in [5.41, 5.74) is 0.0577. The second kappa shape index (κ2) is 9.34. The molecule has 0 aliphatic rings. The fourth-order valence-corrected chi connectivity index (χ4v) is 2.57. The van der Waals surface area contributed by atoms with Crippen LogP contribution in [-0.4, -0.2) is 23.7 Å². The Balaban J connectivity index is 1.87. The van der Waals surface area contributed by atoms with Gasteiger partial charge in [-0.05, 0) is 42.8 Å². The van der Waals surface area contributed by atoms with E-state index in [2.05, 4.69) is 20.6 Å². The Labute approximate surface area is 172 Å². The predicted octanol–water partition coefficient (Wildman–Crippen LogP) is 5.78. The highest BCUT2D eigenvalue weighted by atomic mass is 19.4. The van der Waals surface area contributed by atoms with Crippen LogP contribution < -0.4 is 20.1 Å². The van der Waals surface area contributed by atoms with Crippen LogP contribution in [0.4, 0.5) is 36.3 Å². The van der Waals surface area contributed by atoms with Crippen LogP contribution in [0.1, 0.15) is 18.9 Å². The maximum Gasteiger partial charge on any atom is 0.421 e. The van der Waals surface area contributed by atoms with Crippen molar-refractivity contribution in [2.45, 2.75) is 19.5 Å². The Morgan fingerprint density at radius 3 is 2.40 bits per heavy atom. The number of ether oxygens (including phenoxy) is 2. The number of hydrogen-bond donors (Lipinski definition) is 2. The lowest BCUT2D eigenvalue weighted by molar-refractivity contribution is -0.137. The zero-order valence-corrected chi connectivity index (χ0v) is 16.5. The minimum absolute atomic E-state index is 0.0223. The second-order valence-corrected chi connectivity index (χ2v) is 6.31. The molecule has 0 spiro atoms. The maximum atomic E-state index is 13.5. The molecule has 158 valence electrons. The van der Waals surface area contributed by atoms with Crippen molar-refractivity contribution >= 4 is 23.1 Å². The quantitative estimate of drug-likeness (QED) is 0.483. The van der Waals surface area contributed by atoms with E-state index in [1.165, 1.54) is 0 Å². The summed E-state index contributed by atoms with van der Waals surface area (Å²) in [6, 6.07) is 13.5. The number of nitrogens with zero attached hydrogens (tertiary/aromatic N) is 2. The van der Waals surface area contributed by atoms with Gasteiger partial charge < -0.3 is 20.1 Å². The molecule has 3 rings (SSSR count). The fraction of sp³-hybridized carbons (Fsp3) is 0.238. The van der Waals surface area contributed by atoms with E-state index in [1.54, 1.807) is 55.6 Å². The van der Waals surface area contributed by atoms with Crippen LogP contribution in [-0.2, 0) is 6.18 Å². The minimum Gasteiger partial charge on any atom is -0.497 e. The zero-order valence-electron chi connectivity index (χ0n) is 16.5. The normalized spacial score (nSPS) is 11.1. The molecule has 0 aliphatic carbocycles. The molecule has 0 saturated carbocycles. The number of alkyl halides is 3. The van der Waals surface area contributed by atoms with Crippen molar-refractivity contribution in [3.05, 3.63) is 60.3 Å². The van der Waals surface area contributed by atoms with Crippen molar-refractivity contribution in [1.29, 1.82) is 0 Å². The molecule has 2 N–H and O–H groups in total. The highest BCUT2D eigenvalue weighted by Crippen LogP contribution is 2.35. The summed E-state index contributed by atoms with van der Waals surface area (Å²) in [6.07, 6.45) is -3.04. The van der Waals surface area contributed by atoms with E-state index in [1.807, 2.05) is 6.92 Å². The van der Waals surface area contributed by atoms with Gasteiger partial charge in [0.15, 0.2) is 0 Å². The molecule has 6 nitrogen and oxygen atoms in total. The van der Waals surface area contributed by atoms with Gasteiger partial charge in [0.1, 0.15) is 22.9 Å². The van der Waals surface area contributed by atoms with E-state index >= 15 is 0 Å². The van der Waals surface area contributed by atoms with Crippen molar-refractivity contribution < 1.29 is 22.6 Å². The second-order valence-electron chi connectivity index (χ2n) is 6.31. The number of aromatic nitrogens is 2. The Morgan fingerprint density at radius 1 is 0.967 bits per heavy atom. The van der Waals surface area contributed by atoms with Gasteiger partial charge in [-0.2, -0.15) is 18.2 Å². The summed E-state index contributed by atoms with van der Waals surface area (Å²) in [5.74, 6) is 0.873. The van der Waals surface area contributed by atoms with Crippen LogP contribution in [0.15, 0.2) is 54.7 Å². The van der Waals surface area contributed by atoms with E-state index in [9.17, 15) is 13.2 Å². The first-order valence-electron chi connectivity index (χ1n) is 9.24. The Bertz CT molecular complexity index is 979. The third-order valence-corrected chi connectivity index (χ3v) is 4.01. The SMILES string of the molecule is CCCOc1cccc(Nc2nc(Nc3ccc(OC)cc3)ncc2C(F)(F)F)c1. The molecule has 0 atom stereocenters. The molecular weight excluding hydrogens is 397 g/mol. The van der Waals surface area contributed by atoms with Crippen molar-refractivity contribution in [3.63, 3.8) is 0 Å². The van der Waals surface area contributed by atoms with Crippen molar-refractivity contribution in [2.24, 2.45) is 0 Å². The van der Waals surface area contributed by atoms with Gasteiger partial charge >= 0.3 is 6.18 Å². The van der Waals surface area contributed by atoms with Crippen molar-refractivity contribution in [3.8, 4) is 11.5 Å². The Kier molecular flexibility index (Phi) is 6.61. The van der Waals surface area contributed by atoms with Crippen LogP contribution in [0.3, 0.4) is 0 Å². The van der Waals surface area contributed by atoms with E-state index in [-0.39, 0.29) is 11.8 Å². The van der Waals surface area contributed by atoms with E-state index < -0.39 is 11.7 Å². The number of rotatable bonds is 8. The number of nitrogens with one attached hydrogen (secondary N) is 2. The van der Waals surface area contributed by atoms with E-state index in [0.29, 0.717) is 29.5 Å². The van der Waals surface area contributed by atoms with Gasteiger partial charge in [-0.1, -0.05) is 13.0 Å². The topological polar surface area (TPSA) is 68.3 Å². The third kappa shape index (κ3) is 5.53. The molecule has 0 aliphatic heterocycles. The number of anilines is 4. The summed E-state index contributed by atoms with van der Waals surface area (Å²) in [7, 11) is 1.54. The highest BCUT2D eigenvalue weighted by molar-refractivity contribution is 5.64. The minimum atomic E-state index is -4.61. The zero-order chi connectivity index (χ0) is 21.6. The molecule has 0 amide bonds. The van der Waals surface area contributed by atoms with E-state index in [0.717, 1.165) is 12.6 Å². The summed E-state index contributed by atoms with van der Waals surface area (Å²) in [5, 5.41) is 5.62. The predicted molar refractivity (Wildman–Crippen MR) is 109 cm³/mol. The molecular formula is C21H21F3N4O2. The average Bonchev–Trinajstić information content (AvgIpc) is 2.72. The Morgan fingerprint density at radius 2 is 1.73 bits per heavy atom. The molecule has 1 heterocycles. The fourth-order valence-electron chi connectivity index (χ4n) is 2.57. The molecule has 0 fully saturated rings. The first-order chi connectivity index (χ1) is 14.4. The highest BCUT2D eigenvalue weighted by Gasteiger charge is 2.35. The maximum absolute atomic E-state index is 13.5. The molecule has 9 heteroatoms. The van der Waals surface area contributed by atoms with Gasteiger partial charge in [-0.15, -0.1) is 0 Å². The number of methoxy groups -OCH3 is 1. The first kappa shape index (κ1) is 21.2. The molecule has 0 saturated heterocycles. The van der Waals surface area contributed by atoms with Crippen LogP contribution in [0.2, 0.25) is 0 Å². The lowest BCUT2D eigenvalue weighted by Crippen LogP contribution is -2.12. The molecule has 2 aromatic carbocycles. The van der Waals surface area contributed by atoms with Gasteiger partial charge in [0.2, 0.25) is 5.95 Å². The Hall–Kier alpha value is -3.49. The third-order valence-electron chi connectivity index (χ3n) is 4.01. The van der Waals surface area contributed by atoms with Gasteiger partial charge in [-0.25, -0.2) is 4.98 Å². The lowest BCUT2D eigenvalue weighted by atomic mass is 10.2. The number of hydrogen-bond acceptors (Lipinski definition) is 6. The molecule has 1 aromatic heterocycles. The molecule has 30 heavy (non-hydrogen) atoms. The molecule has 0 radical (unpaired) electrons.